The highest BCUT2D eigenvalue weighted by Crippen LogP contribution is 2.34. The molecule has 6 nitrogen and oxygen atoms in total. The average molecular weight is 305 g/mol. The van der Waals surface area contributed by atoms with Gasteiger partial charge in [-0.15, -0.1) is 0 Å². The minimum absolute atomic E-state index is 0.0775. The molecule has 0 amide bonds. The molecule has 0 saturated heterocycles. The third-order valence-electron chi connectivity index (χ3n) is 3.07. The zero-order valence-electron chi connectivity index (χ0n) is 11.6. The van der Waals surface area contributed by atoms with E-state index in [0.717, 1.165) is 12.0 Å². The van der Waals surface area contributed by atoms with Crippen LogP contribution in [0.2, 0.25) is 5.28 Å². The Morgan fingerprint density at radius 3 is 2.86 bits per heavy atom. The molecule has 3 aromatic rings. The second kappa shape index (κ2) is 5.57. The minimum Gasteiger partial charge on any atom is -0.493 e. The third kappa shape index (κ3) is 2.62. The van der Waals surface area contributed by atoms with E-state index in [0.29, 0.717) is 28.5 Å². The maximum absolute atomic E-state index is 5.88. The van der Waals surface area contributed by atoms with E-state index in [4.69, 9.17) is 21.1 Å². The van der Waals surface area contributed by atoms with E-state index in [2.05, 4.69) is 26.9 Å². The average Bonchev–Trinajstić information content (AvgIpc) is 2.96. The topological polar surface area (TPSA) is 72.9 Å². The summed E-state index contributed by atoms with van der Waals surface area (Å²) >= 11 is 5.88. The van der Waals surface area contributed by atoms with E-state index in [1.807, 2.05) is 18.2 Å². The normalized spacial score (nSPS) is 10.8. The molecule has 2 aromatic heterocycles. The summed E-state index contributed by atoms with van der Waals surface area (Å²) in [6, 6.07) is 5.75. The first-order chi connectivity index (χ1) is 10.2. The zero-order chi connectivity index (χ0) is 14.8. The number of ether oxygens (including phenoxy) is 2. The number of hydrogen-bond donors (Lipinski definition) is 1. The van der Waals surface area contributed by atoms with Gasteiger partial charge in [-0.2, -0.15) is 9.97 Å². The fourth-order valence-corrected chi connectivity index (χ4v) is 2.13. The summed E-state index contributed by atoms with van der Waals surface area (Å²) < 4.78 is 11.2. The van der Waals surface area contributed by atoms with E-state index < -0.39 is 0 Å². The molecule has 0 spiro atoms. The van der Waals surface area contributed by atoms with E-state index in [9.17, 15) is 0 Å². The smallest absolute Gasteiger partial charge is 0.250 e. The summed E-state index contributed by atoms with van der Waals surface area (Å²) in [6.07, 6.45) is 2.43. The van der Waals surface area contributed by atoms with Gasteiger partial charge in [-0.3, -0.25) is 0 Å². The van der Waals surface area contributed by atoms with Gasteiger partial charge in [-0.25, -0.2) is 4.98 Å². The number of nitrogens with zero attached hydrogens (tertiary/aromatic N) is 3. The highest BCUT2D eigenvalue weighted by molar-refractivity contribution is 6.28. The maximum atomic E-state index is 5.88. The molecule has 7 heteroatoms. The van der Waals surface area contributed by atoms with E-state index in [1.54, 1.807) is 7.11 Å². The molecular weight excluding hydrogens is 292 g/mol. The predicted octanol–water partition coefficient (Wildman–Crippen LogP) is 3.37. The van der Waals surface area contributed by atoms with Crippen LogP contribution >= 0.6 is 11.6 Å². The van der Waals surface area contributed by atoms with Gasteiger partial charge >= 0.3 is 0 Å². The number of methoxy groups -OCH3 is 1. The van der Waals surface area contributed by atoms with Crippen molar-refractivity contribution in [1.82, 2.24) is 19.9 Å². The Hall–Kier alpha value is -2.34. The molecule has 0 aliphatic carbocycles. The number of aromatic nitrogens is 4. The van der Waals surface area contributed by atoms with Gasteiger partial charge in [0, 0.05) is 0 Å². The first-order valence-electron chi connectivity index (χ1n) is 6.42. The van der Waals surface area contributed by atoms with Gasteiger partial charge < -0.3 is 14.5 Å². The van der Waals surface area contributed by atoms with Crippen molar-refractivity contribution < 1.29 is 9.47 Å². The Bertz CT molecular complexity index is 788. The van der Waals surface area contributed by atoms with Crippen molar-refractivity contribution in [2.75, 3.05) is 7.11 Å². The molecule has 0 fully saturated rings. The standard InChI is InChI=1S/C14H13ClN4O2/c1-3-8-4-5-9(10(6-8)20-2)21-13-11-12(17-7-16-11)18-14(15)19-13/h4-7H,3H2,1-2H3,(H,16,17,18,19). The number of rotatable bonds is 4. The van der Waals surface area contributed by atoms with Crippen LogP contribution < -0.4 is 9.47 Å². The number of fused-ring (bicyclic) bond motifs is 1. The van der Waals surface area contributed by atoms with Crippen molar-refractivity contribution in [1.29, 1.82) is 0 Å². The number of hydrogen-bond acceptors (Lipinski definition) is 5. The molecule has 2 heterocycles. The highest BCUT2D eigenvalue weighted by Gasteiger charge is 2.13. The van der Waals surface area contributed by atoms with Gasteiger partial charge in [0.1, 0.15) is 5.52 Å². The molecule has 0 radical (unpaired) electrons. The SMILES string of the molecule is CCc1ccc(Oc2nc(Cl)nc3nc[nH]c23)c(OC)c1. The number of imidazole rings is 1. The number of H-pyrrole nitrogens is 1. The summed E-state index contributed by atoms with van der Waals surface area (Å²) in [6.45, 7) is 2.08. The summed E-state index contributed by atoms with van der Waals surface area (Å²) in [5.74, 6) is 1.50. The molecule has 1 aromatic carbocycles. The van der Waals surface area contributed by atoms with Crippen LogP contribution in [0.15, 0.2) is 24.5 Å². The van der Waals surface area contributed by atoms with Gasteiger partial charge in [-0.05, 0) is 35.7 Å². The van der Waals surface area contributed by atoms with Crippen molar-refractivity contribution in [2.24, 2.45) is 0 Å². The van der Waals surface area contributed by atoms with Crippen LogP contribution in [0.3, 0.4) is 0 Å². The molecule has 108 valence electrons. The number of nitrogens with one attached hydrogen (secondary N) is 1. The summed E-state index contributed by atoms with van der Waals surface area (Å²) in [5.41, 5.74) is 2.20. The van der Waals surface area contributed by atoms with Crippen molar-refractivity contribution >= 4 is 22.8 Å². The molecule has 21 heavy (non-hydrogen) atoms. The first-order valence-corrected chi connectivity index (χ1v) is 6.80. The lowest BCUT2D eigenvalue weighted by atomic mass is 10.1. The quantitative estimate of drug-likeness (QED) is 0.748. The second-order valence-corrected chi connectivity index (χ2v) is 4.68. The summed E-state index contributed by atoms with van der Waals surface area (Å²) in [7, 11) is 1.60. The van der Waals surface area contributed by atoms with Crippen molar-refractivity contribution in [3.05, 3.63) is 35.4 Å². The van der Waals surface area contributed by atoms with E-state index >= 15 is 0 Å². The van der Waals surface area contributed by atoms with E-state index in [-0.39, 0.29) is 5.28 Å². The Morgan fingerprint density at radius 1 is 1.24 bits per heavy atom. The molecule has 1 N–H and O–H groups in total. The van der Waals surface area contributed by atoms with Crippen LogP contribution in [0.4, 0.5) is 0 Å². The lowest BCUT2D eigenvalue weighted by Gasteiger charge is -2.11. The van der Waals surface area contributed by atoms with Crippen LogP contribution in [0.5, 0.6) is 17.4 Å². The minimum atomic E-state index is 0.0775. The van der Waals surface area contributed by atoms with Gasteiger partial charge in [0.15, 0.2) is 17.1 Å². The van der Waals surface area contributed by atoms with E-state index in [1.165, 1.54) is 6.33 Å². The van der Waals surface area contributed by atoms with Gasteiger partial charge in [0.05, 0.1) is 13.4 Å². The summed E-state index contributed by atoms with van der Waals surface area (Å²) in [4.78, 5) is 15.1. The largest absolute Gasteiger partial charge is 0.493 e. The molecular formula is C14H13ClN4O2. The predicted molar refractivity (Wildman–Crippen MR) is 79.1 cm³/mol. The van der Waals surface area contributed by atoms with Crippen LogP contribution in [0.25, 0.3) is 11.2 Å². The highest BCUT2D eigenvalue weighted by atomic mass is 35.5. The molecule has 0 saturated carbocycles. The molecule has 0 aliphatic rings. The molecule has 0 aliphatic heterocycles. The van der Waals surface area contributed by atoms with Crippen LogP contribution in [0.1, 0.15) is 12.5 Å². The molecule has 0 unspecified atom stereocenters. The Labute approximate surface area is 126 Å². The molecule has 0 bridgehead atoms. The van der Waals surface area contributed by atoms with Crippen molar-refractivity contribution in [2.45, 2.75) is 13.3 Å². The zero-order valence-corrected chi connectivity index (χ0v) is 12.3. The molecule has 0 atom stereocenters. The number of aromatic amines is 1. The second-order valence-electron chi connectivity index (χ2n) is 4.34. The van der Waals surface area contributed by atoms with Crippen LogP contribution in [0, 0.1) is 0 Å². The van der Waals surface area contributed by atoms with Crippen molar-refractivity contribution in [3.63, 3.8) is 0 Å². The number of aryl methyl sites for hydroxylation is 1. The lowest BCUT2D eigenvalue weighted by molar-refractivity contribution is 0.375. The number of benzene rings is 1. The fraction of sp³-hybridized carbons (Fsp3) is 0.214. The maximum Gasteiger partial charge on any atom is 0.250 e. The van der Waals surface area contributed by atoms with Gasteiger partial charge in [0.2, 0.25) is 11.2 Å². The third-order valence-corrected chi connectivity index (χ3v) is 3.24. The molecule has 3 rings (SSSR count). The monoisotopic (exact) mass is 304 g/mol. The van der Waals surface area contributed by atoms with Crippen LogP contribution in [-0.4, -0.2) is 27.0 Å². The summed E-state index contributed by atoms with van der Waals surface area (Å²) in [5, 5.41) is 0.0775. The Morgan fingerprint density at radius 2 is 2.10 bits per heavy atom. The van der Waals surface area contributed by atoms with Gasteiger partial charge in [-0.1, -0.05) is 13.0 Å². The lowest BCUT2D eigenvalue weighted by Crippen LogP contribution is -1.96. The van der Waals surface area contributed by atoms with Crippen molar-refractivity contribution in [3.8, 4) is 17.4 Å². The Kier molecular flexibility index (Phi) is 3.62. The van der Waals surface area contributed by atoms with Gasteiger partial charge in [0.25, 0.3) is 0 Å². The Balaban J connectivity index is 2.04. The number of halogens is 1. The van der Waals surface area contributed by atoms with Crippen LogP contribution in [-0.2, 0) is 6.42 Å². The first kappa shape index (κ1) is 13.6. The fourth-order valence-electron chi connectivity index (χ4n) is 1.98.